The number of aliphatic hydroxyl groups is 1. The van der Waals surface area contributed by atoms with Crippen LogP contribution in [0.3, 0.4) is 0 Å². The second-order valence-corrected chi connectivity index (χ2v) is 8.84. The highest BCUT2D eigenvalue weighted by molar-refractivity contribution is 5.81. The fraction of sp³-hybridized carbons (Fsp3) is 0.538. The van der Waals surface area contributed by atoms with Gasteiger partial charge in [-0.2, -0.15) is 0 Å². The monoisotopic (exact) mass is 468 g/mol. The van der Waals surface area contributed by atoms with Gasteiger partial charge in [0.25, 0.3) is 0 Å². The number of hydrogen-bond acceptors (Lipinski definition) is 6. The second kappa shape index (κ2) is 13.8. The summed E-state index contributed by atoms with van der Waals surface area (Å²) in [7, 11) is 0. The third-order valence-corrected chi connectivity index (χ3v) is 6.48. The summed E-state index contributed by atoms with van der Waals surface area (Å²) in [5, 5.41) is 17.4. The zero-order chi connectivity index (χ0) is 24.2. The summed E-state index contributed by atoms with van der Waals surface area (Å²) in [6, 6.07) is 8.60. The Morgan fingerprint density at radius 2 is 1.56 bits per heavy atom. The van der Waals surface area contributed by atoms with Gasteiger partial charge in [-0.15, -0.1) is 0 Å². The summed E-state index contributed by atoms with van der Waals surface area (Å²) in [5.41, 5.74) is 2.36. The molecule has 2 aromatic heterocycles. The minimum atomic E-state index is -0.930. The number of nitrogens with zero attached hydrogens (tertiary/aromatic N) is 4. The molecule has 4 heterocycles. The van der Waals surface area contributed by atoms with Gasteiger partial charge < -0.3 is 15.1 Å². The van der Waals surface area contributed by atoms with Crippen LogP contribution in [0, 0.1) is 0 Å². The maximum absolute atomic E-state index is 12.0. The Balaban J connectivity index is 0.000000192. The second-order valence-electron chi connectivity index (χ2n) is 8.84. The number of unbranched alkanes of at least 4 members (excludes halogenated alkanes) is 1. The molecule has 0 aliphatic carbocycles. The van der Waals surface area contributed by atoms with Gasteiger partial charge in [-0.3, -0.25) is 24.5 Å². The van der Waals surface area contributed by atoms with Crippen molar-refractivity contribution in [1.29, 1.82) is 0 Å². The van der Waals surface area contributed by atoms with Gasteiger partial charge in [-0.05, 0) is 74.9 Å². The number of carboxylic acid groups (broad SMARTS) is 1. The van der Waals surface area contributed by atoms with Crippen molar-refractivity contribution >= 4 is 11.9 Å². The van der Waals surface area contributed by atoms with Gasteiger partial charge in [0, 0.05) is 50.4 Å². The van der Waals surface area contributed by atoms with Gasteiger partial charge in [-0.25, -0.2) is 0 Å². The number of carboxylic acids is 1. The molecule has 8 heteroatoms. The van der Waals surface area contributed by atoms with Crippen molar-refractivity contribution in [3.63, 3.8) is 0 Å². The fourth-order valence-electron chi connectivity index (χ4n) is 4.81. The van der Waals surface area contributed by atoms with E-state index in [1.54, 1.807) is 17.3 Å². The number of likely N-dealkylation sites (tertiary alicyclic amines) is 2. The Hall–Kier alpha value is -2.84. The first kappa shape index (κ1) is 25.8. The molecule has 2 unspecified atom stereocenters. The topological polar surface area (TPSA) is 107 Å². The first-order chi connectivity index (χ1) is 16.6. The van der Waals surface area contributed by atoms with Gasteiger partial charge in [0.1, 0.15) is 0 Å². The summed E-state index contributed by atoms with van der Waals surface area (Å²) in [6.07, 6.45) is 13.7. The maximum Gasteiger partial charge on any atom is 0.303 e. The molecule has 2 N–H and O–H groups in total. The molecule has 34 heavy (non-hydrogen) atoms. The molecule has 2 fully saturated rings. The molecule has 8 nitrogen and oxygen atoms in total. The molecule has 2 aliphatic rings. The molecule has 2 aliphatic heterocycles. The summed E-state index contributed by atoms with van der Waals surface area (Å²) in [6.45, 7) is 3.30. The van der Waals surface area contributed by atoms with Crippen molar-refractivity contribution in [1.82, 2.24) is 19.8 Å². The van der Waals surface area contributed by atoms with Crippen LogP contribution in [0.1, 0.15) is 74.6 Å². The van der Waals surface area contributed by atoms with Gasteiger partial charge in [0.15, 0.2) is 0 Å². The SMILES string of the molecule is O=C(O)CCC(=O)N1CCCC1c1cccnc1.OCCCCN1CCCC1c1cccnc1. The van der Waals surface area contributed by atoms with Crippen molar-refractivity contribution in [2.75, 3.05) is 26.2 Å². The van der Waals surface area contributed by atoms with Crippen LogP contribution >= 0.6 is 0 Å². The van der Waals surface area contributed by atoms with Crippen LogP contribution in [0.5, 0.6) is 0 Å². The number of carbonyl (C=O) groups excluding carboxylic acids is 1. The van der Waals surface area contributed by atoms with E-state index in [1.165, 1.54) is 24.9 Å². The molecule has 0 spiro atoms. The first-order valence-corrected chi connectivity index (χ1v) is 12.3. The lowest BCUT2D eigenvalue weighted by Crippen LogP contribution is -2.30. The Bertz CT molecular complexity index is 881. The highest BCUT2D eigenvalue weighted by atomic mass is 16.4. The summed E-state index contributed by atoms with van der Waals surface area (Å²) in [5.74, 6) is -1.01. The number of hydrogen-bond donors (Lipinski definition) is 2. The van der Waals surface area contributed by atoms with E-state index in [2.05, 4.69) is 20.9 Å². The average Bonchev–Trinajstić information content (AvgIpc) is 3.54. The summed E-state index contributed by atoms with van der Waals surface area (Å²) in [4.78, 5) is 35.0. The van der Waals surface area contributed by atoms with Crippen LogP contribution in [0.4, 0.5) is 0 Å². The predicted octanol–water partition coefficient (Wildman–Crippen LogP) is 3.60. The Morgan fingerprint density at radius 1 is 0.912 bits per heavy atom. The summed E-state index contributed by atoms with van der Waals surface area (Å²) < 4.78 is 0. The summed E-state index contributed by atoms with van der Waals surface area (Å²) >= 11 is 0. The van der Waals surface area contributed by atoms with Crippen LogP contribution in [-0.4, -0.2) is 68.1 Å². The van der Waals surface area contributed by atoms with E-state index in [1.807, 2.05) is 30.6 Å². The molecule has 1 amide bonds. The molecule has 0 aromatic carbocycles. The van der Waals surface area contributed by atoms with E-state index in [0.717, 1.165) is 37.8 Å². The van der Waals surface area contributed by atoms with Crippen molar-refractivity contribution in [3.8, 4) is 0 Å². The molecular weight excluding hydrogens is 432 g/mol. The van der Waals surface area contributed by atoms with Crippen molar-refractivity contribution in [3.05, 3.63) is 60.2 Å². The lowest BCUT2D eigenvalue weighted by molar-refractivity contribution is -0.141. The van der Waals surface area contributed by atoms with E-state index in [4.69, 9.17) is 10.2 Å². The number of aliphatic hydroxyl groups excluding tert-OH is 1. The Kier molecular flexibility index (Phi) is 10.4. The van der Waals surface area contributed by atoms with Gasteiger partial charge in [-0.1, -0.05) is 12.1 Å². The molecule has 184 valence electrons. The van der Waals surface area contributed by atoms with Crippen molar-refractivity contribution in [2.45, 2.75) is 63.5 Å². The average molecular weight is 469 g/mol. The predicted molar refractivity (Wildman–Crippen MR) is 129 cm³/mol. The number of aliphatic carboxylic acids is 1. The van der Waals surface area contributed by atoms with Crippen LogP contribution in [0.15, 0.2) is 49.1 Å². The lowest BCUT2D eigenvalue weighted by Gasteiger charge is -2.24. The maximum atomic E-state index is 12.0. The molecule has 2 atom stereocenters. The quantitative estimate of drug-likeness (QED) is 0.542. The number of aromatic nitrogens is 2. The largest absolute Gasteiger partial charge is 0.481 e. The molecule has 4 rings (SSSR count). The smallest absolute Gasteiger partial charge is 0.303 e. The van der Waals surface area contributed by atoms with E-state index < -0.39 is 5.97 Å². The van der Waals surface area contributed by atoms with E-state index in [9.17, 15) is 9.59 Å². The number of amides is 1. The highest BCUT2D eigenvalue weighted by Gasteiger charge is 2.30. The first-order valence-electron chi connectivity index (χ1n) is 12.3. The van der Waals surface area contributed by atoms with Crippen LogP contribution in [-0.2, 0) is 9.59 Å². The zero-order valence-electron chi connectivity index (χ0n) is 19.8. The number of carbonyl (C=O) groups is 2. The Morgan fingerprint density at radius 3 is 2.18 bits per heavy atom. The fourth-order valence-corrected chi connectivity index (χ4v) is 4.81. The molecular formula is C26H36N4O4. The van der Waals surface area contributed by atoms with Crippen molar-refractivity contribution in [2.24, 2.45) is 0 Å². The molecule has 0 saturated carbocycles. The molecule has 2 saturated heterocycles. The van der Waals surface area contributed by atoms with Crippen LogP contribution < -0.4 is 0 Å². The van der Waals surface area contributed by atoms with E-state index >= 15 is 0 Å². The van der Waals surface area contributed by atoms with E-state index in [0.29, 0.717) is 19.2 Å². The minimum Gasteiger partial charge on any atom is -0.481 e. The van der Waals surface area contributed by atoms with Crippen LogP contribution in [0.25, 0.3) is 0 Å². The third kappa shape index (κ3) is 7.60. The number of rotatable bonds is 9. The Labute approximate surface area is 201 Å². The molecule has 0 radical (unpaired) electrons. The van der Waals surface area contributed by atoms with E-state index in [-0.39, 0.29) is 24.8 Å². The molecule has 0 bridgehead atoms. The highest BCUT2D eigenvalue weighted by Crippen LogP contribution is 2.32. The third-order valence-electron chi connectivity index (χ3n) is 6.48. The van der Waals surface area contributed by atoms with Crippen LogP contribution in [0.2, 0.25) is 0 Å². The minimum absolute atomic E-state index is 0.0556. The normalized spacial score (nSPS) is 20.1. The van der Waals surface area contributed by atoms with Gasteiger partial charge >= 0.3 is 5.97 Å². The number of pyridine rings is 2. The lowest BCUT2D eigenvalue weighted by atomic mass is 10.1. The van der Waals surface area contributed by atoms with Gasteiger partial charge in [0.2, 0.25) is 5.91 Å². The van der Waals surface area contributed by atoms with Gasteiger partial charge in [0.05, 0.1) is 12.5 Å². The zero-order valence-corrected chi connectivity index (χ0v) is 19.8. The van der Waals surface area contributed by atoms with Crippen molar-refractivity contribution < 1.29 is 19.8 Å². The molecule has 2 aromatic rings. The standard InChI is InChI=1S/C13H16N2O3.C13H20N2O/c16-12(5-6-13(17)18)15-8-2-4-11(15)10-3-1-7-14-9-10;16-10-2-1-8-15-9-4-6-13(15)12-5-3-7-14-11-12/h1,3,7,9,11H,2,4-6,8H2,(H,17,18);3,5,7,11,13,16H,1-2,4,6,8-10H2.